The molecule has 2 N–H and O–H groups in total. The Kier molecular flexibility index (Phi) is 3.05. The van der Waals surface area contributed by atoms with Crippen LogP contribution >= 0.6 is 11.3 Å². The molecular formula is C11H13N3OS. The third kappa shape index (κ3) is 2.30. The number of hydrogen-bond acceptors (Lipinski definition) is 5. The molecule has 0 bridgehead atoms. The van der Waals surface area contributed by atoms with Crippen molar-refractivity contribution in [2.75, 3.05) is 5.73 Å². The maximum atomic E-state index is 5.71. The lowest BCUT2D eigenvalue weighted by Gasteiger charge is -2.12. The van der Waals surface area contributed by atoms with Crippen molar-refractivity contribution in [3.05, 3.63) is 24.3 Å². The normalized spacial score (nSPS) is 10.7. The molecule has 5 heteroatoms. The highest BCUT2D eigenvalue weighted by Gasteiger charge is 2.11. The number of nitrogens with two attached hydrogens (primary N) is 1. The standard InChI is InChI=1S/C11H13N3OS/c1-7(2)15-9-6-4-3-5-8(9)10-13-14-11(12)16-10/h3-7H,1-2H3,(H2,12,14). The lowest BCUT2D eigenvalue weighted by molar-refractivity contribution is 0.243. The van der Waals surface area contributed by atoms with Crippen LogP contribution in [0.2, 0.25) is 0 Å². The van der Waals surface area contributed by atoms with Crippen LogP contribution in [0.4, 0.5) is 5.13 Å². The van der Waals surface area contributed by atoms with Crippen molar-refractivity contribution in [3.63, 3.8) is 0 Å². The fraction of sp³-hybridized carbons (Fsp3) is 0.273. The van der Waals surface area contributed by atoms with E-state index in [1.54, 1.807) is 0 Å². The van der Waals surface area contributed by atoms with Crippen LogP contribution in [0.5, 0.6) is 5.75 Å². The SMILES string of the molecule is CC(C)Oc1ccccc1-c1nnc(N)s1. The predicted octanol–water partition coefficient (Wildman–Crippen LogP) is 2.57. The zero-order valence-electron chi connectivity index (χ0n) is 9.18. The van der Waals surface area contributed by atoms with Crippen LogP contribution in [0.1, 0.15) is 13.8 Å². The summed E-state index contributed by atoms with van der Waals surface area (Å²) < 4.78 is 5.71. The maximum Gasteiger partial charge on any atom is 0.203 e. The van der Waals surface area contributed by atoms with Crippen LogP contribution in [0.3, 0.4) is 0 Å². The largest absolute Gasteiger partial charge is 0.490 e. The molecule has 0 aliphatic carbocycles. The number of nitrogens with zero attached hydrogens (tertiary/aromatic N) is 2. The lowest BCUT2D eigenvalue weighted by Crippen LogP contribution is -2.06. The van der Waals surface area contributed by atoms with E-state index in [2.05, 4.69) is 10.2 Å². The Labute approximate surface area is 98.1 Å². The maximum absolute atomic E-state index is 5.71. The Balaban J connectivity index is 2.40. The van der Waals surface area contributed by atoms with E-state index in [4.69, 9.17) is 10.5 Å². The summed E-state index contributed by atoms with van der Waals surface area (Å²) in [6.07, 6.45) is 0.131. The van der Waals surface area contributed by atoms with Gasteiger partial charge in [-0.2, -0.15) is 0 Å². The highest BCUT2D eigenvalue weighted by molar-refractivity contribution is 7.18. The fourth-order valence-corrected chi connectivity index (χ4v) is 1.98. The minimum absolute atomic E-state index is 0.131. The molecule has 2 rings (SSSR count). The summed E-state index contributed by atoms with van der Waals surface area (Å²) >= 11 is 1.36. The third-order valence-electron chi connectivity index (χ3n) is 1.92. The van der Waals surface area contributed by atoms with Crippen LogP contribution in [0.25, 0.3) is 10.6 Å². The quantitative estimate of drug-likeness (QED) is 0.888. The fourth-order valence-electron chi connectivity index (χ4n) is 1.34. The van der Waals surface area contributed by atoms with Gasteiger partial charge in [0.1, 0.15) is 5.75 Å². The van der Waals surface area contributed by atoms with Crippen LogP contribution in [0, 0.1) is 0 Å². The highest BCUT2D eigenvalue weighted by Crippen LogP contribution is 2.32. The summed E-state index contributed by atoms with van der Waals surface area (Å²) in [5.41, 5.74) is 6.51. The van der Waals surface area contributed by atoms with Crippen LogP contribution < -0.4 is 10.5 Å². The molecule has 0 fully saturated rings. The van der Waals surface area contributed by atoms with Gasteiger partial charge in [0.2, 0.25) is 5.13 Å². The van der Waals surface area contributed by atoms with Crippen molar-refractivity contribution < 1.29 is 4.74 Å². The molecule has 16 heavy (non-hydrogen) atoms. The van der Waals surface area contributed by atoms with Crippen LogP contribution in [-0.4, -0.2) is 16.3 Å². The predicted molar refractivity (Wildman–Crippen MR) is 65.5 cm³/mol. The average molecular weight is 235 g/mol. The Hall–Kier alpha value is -1.62. The van der Waals surface area contributed by atoms with E-state index in [-0.39, 0.29) is 6.10 Å². The van der Waals surface area contributed by atoms with Gasteiger partial charge in [0.25, 0.3) is 0 Å². The molecule has 2 aromatic rings. The molecule has 0 unspecified atom stereocenters. The lowest BCUT2D eigenvalue weighted by atomic mass is 10.2. The van der Waals surface area contributed by atoms with Crippen molar-refractivity contribution in [2.24, 2.45) is 0 Å². The monoisotopic (exact) mass is 235 g/mol. The van der Waals surface area contributed by atoms with Gasteiger partial charge < -0.3 is 10.5 Å². The molecule has 0 saturated carbocycles. The summed E-state index contributed by atoms with van der Waals surface area (Å²) in [5, 5.41) is 9.07. The number of rotatable bonds is 3. The topological polar surface area (TPSA) is 61.0 Å². The first-order valence-corrected chi connectivity index (χ1v) is 5.83. The molecule has 1 aromatic carbocycles. The minimum atomic E-state index is 0.131. The molecule has 0 atom stereocenters. The first kappa shape index (κ1) is 10.9. The van der Waals surface area contributed by atoms with E-state index in [1.807, 2.05) is 38.1 Å². The first-order valence-electron chi connectivity index (χ1n) is 5.02. The molecule has 1 heterocycles. The van der Waals surface area contributed by atoms with Crippen molar-refractivity contribution in [1.29, 1.82) is 0 Å². The van der Waals surface area contributed by atoms with Crippen LogP contribution in [0.15, 0.2) is 24.3 Å². The second-order valence-corrected chi connectivity index (χ2v) is 4.62. The number of para-hydroxylation sites is 1. The highest BCUT2D eigenvalue weighted by atomic mass is 32.1. The first-order chi connectivity index (χ1) is 7.66. The molecule has 4 nitrogen and oxygen atoms in total. The Morgan fingerprint density at radius 2 is 2.00 bits per heavy atom. The van der Waals surface area contributed by atoms with Gasteiger partial charge in [0, 0.05) is 0 Å². The van der Waals surface area contributed by atoms with E-state index in [9.17, 15) is 0 Å². The summed E-state index contributed by atoms with van der Waals surface area (Å²) in [4.78, 5) is 0. The molecule has 1 aromatic heterocycles. The molecular weight excluding hydrogens is 222 g/mol. The van der Waals surface area contributed by atoms with Gasteiger partial charge in [-0.25, -0.2) is 0 Å². The second kappa shape index (κ2) is 4.49. The van der Waals surface area contributed by atoms with E-state index < -0.39 is 0 Å². The summed E-state index contributed by atoms with van der Waals surface area (Å²) in [7, 11) is 0. The summed E-state index contributed by atoms with van der Waals surface area (Å²) in [5.74, 6) is 0.814. The van der Waals surface area contributed by atoms with Crippen molar-refractivity contribution in [3.8, 4) is 16.3 Å². The van der Waals surface area contributed by atoms with Gasteiger partial charge in [-0.15, -0.1) is 10.2 Å². The molecule has 0 saturated heterocycles. The van der Waals surface area contributed by atoms with Crippen molar-refractivity contribution >= 4 is 16.5 Å². The number of ether oxygens (including phenoxy) is 1. The average Bonchev–Trinajstić information content (AvgIpc) is 2.65. The third-order valence-corrected chi connectivity index (χ3v) is 2.71. The van der Waals surface area contributed by atoms with E-state index in [0.29, 0.717) is 5.13 Å². The van der Waals surface area contributed by atoms with Gasteiger partial charge in [0.05, 0.1) is 11.7 Å². The molecule has 84 valence electrons. The van der Waals surface area contributed by atoms with Crippen molar-refractivity contribution in [1.82, 2.24) is 10.2 Å². The molecule has 0 amide bonds. The van der Waals surface area contributed by atoms with Crippen LogP contribution in [-0.2, 0) is 0 Å². The van der Waals surface area contributed by atoms with E-state index in [1.165, 1.54) is 11.3 Å². The van der Waals surface area contributed by atoms with Gasteiger partial charge >= 0.3 is 0 Å². The smallest absolute Gasteiger partial charge is 0.203 e. The van der Waals surface area contributed by atoms with Gasteiger partial charge in [0.15, 0.2) is 5.01 Å². The van der Waals surface area contributed by atoms with E-state index in [0.717, 1.165) is 16.3 Å². The molecule has 0 radical (unpaired) electrons. The number of aromatic nitrogens is 2. The van der Waals surface area contributed by atoms with Gasteiger partial charge in [-0.1, -0.05) is 23.5 Å². The van der Waals surface area contributed by atoms with Gasteiger partial charge in [-0.3, -0.25) is 0 Å². The number of benzene rings is 1. The molecule has 0 spiro atoms. The summed E-state index contributed by atoms with van der Waals surface area (Å²) in [6, 6.07) is 7.76. The van der Waals surface area contributed by atoms with E-state index >= 15 is 0 Å². The second-order valence-electron chi connectivity index (χ2n) is 3.61. The zero-order chi connectivity index (χ0) is 11.5. The Bertz CT molecular complexity index is 482. The zero-order valence-corrected chi connectivity index (χ0v) is 9.99. The number of hydrogen-bond donors (Lipinski definition) is 1. The number of nitrogen functional groups attached to an aromatic ring is 1. The molecule has 0 aliphatic heterocycles. The minimum Gasteiger partial charge on any atom is -0.490 e. The van der Waals surface area contributed by atoms with Crippen molar-refractivity contribution in [2.45, 2.75) is 20.0 Å². The summed E-state index contributed by atoms with van der Waals surface area (Å²) in [6.45, 7) is 3.98. The Morgan fingerprint density at radius 3 is 2.62 bits per heavy atom. The molecule has 0 aliphatic rings. The Morgan fingerprint density at radius 1 is 1.25 bits per heavy atom. The number of anilines is 1. The van der Waals surface area contributed by atoms with Gasteiger partial charge in [-0.05, 0) is 26.0 Å².